The summed E-state index contributed by atoms with van der Waals surface area (Å²) in [5.41, 5.74) is 1.46. The van der Waals surface area contributed by atoms with Crippen LogP contribution in [0.1, 0.15) is 19.3 Å². The van der Waals surface area contributed by atoms with Crippen molar-refractivity contribution in [3.8, 4) is 11.6 Å². The molecule has 1 fully saturated rings. The minimum absolute atomic E-state index is 0.0121. The first-order valence-electron chi connectivity index (χ1n) is 9.03. The van der Waals surface area contributed by atoms with Gasteiger partial charge in [0.25, 0.3) is 0 Å². The molecule has 2 N–H and O–H groups in total. The molecule has 0 unspecified atom stereocenters. The fraction of sp³-hybridized carbons (Fsp3) is 0.263. The van der Waals surface area contributed by atoms with Crippen LogP contribution in [0.5, 0.6) is 0 Å². The Balaban J connectivity index is 1.66. The summed E-state index contributed by atoms with van der Waals surface area (Å²) in [4.78, 5) is 21.7. The van der Waals surface area contributed by atoms with Crippen LogP contribution in [0.2, 0.25) is 0 Å². The fourth-order valence-electron chi connectivity index (χ4n) is 3.39. The molecule has 4 heterocycles. The number of para-hydroxylation sites is 1. The molecule has 1 atom stereocenters. The van der Waals surface area contributed by atoms with Crippen LogP contribution in [-0.2, 0) is 4.79 Å². The van der Waals surface area contributed by atoms with Crippen molar-refractivity contribution in [1.82, 2.24) is 24.9 Å². The van der Waals surface area contributed by atoms with Crippen molar-refractivity contribution in [1.29, 1.82) is 0 Å². The molecule has 0 spiro atoms. The zero-order valence-electron chi connectivity index (χ0n) is 14.6. The van der Waals surface area contributed by atoms with Gasteiger partial charge in [0, 0.05) is 11.9 Å². The predicted octanol–water partition coefficient (Wildman–Crippen LogP) is 2.62. The molecule has 1 aliphatic heterocycles. The maximum absolute atomic E-state index is 12.3. The highest BCUT2D eigenvalue weighted by Gasteiger charge is 2.23. The summed E-state index contributed by atoms with van der Waals surface area (Å²) in [6.07, 6.45) is 4.30. The van der Waals surface area contributed by atoms with E-state index in [0.717, 1.165) is 30.2 Å². The molecule has 3 aromatic heterocycles. The maximum atomic E-state index is 12.3. The summed E-state index contributed by atoms with van der Waals surface area (Å²) in [5.74, 6) is 1.55. The minimum atomic E-state index is -0.347. The molecule has 0 saturated carbocycles. The lowest BCUT2D eigenvalue weighted by Crippen LogP contribution is -2.38. The first-order chi connectivity index (χ1) is 13.3. The number of hydrogen-bond donors (Lipinski definition) is 2. The van der Waals surface area contributed by atoms with Gasteiger partial charge in [0.05, 0.1) is 11.8 Å². The number of carbonyl (C=O) groups is 1. The average molecular weight is 362 g/mol. The first-order valence-corrected chi connectivity index (χ1v) is 9.03. The number of hydrogen-bond acceptors (Lipinski definition) is 6. The van der Waals surface area contributed by atoms with Gasteiger partial charge in [0.1, 0.15) is 6.04 Å². The van der Waals surface area contributed by atoms with Gasteiger partial charge in [-0.05, 0) is 43.5 Å². The number of benzene rings is 1. The second-order valence-electron chi connectivity index (χ2n) is 6.58. The highest BCUT2D eigenvalue weighted by Crippen LogP contribution is 2.25. The zero-order chi connectivity index (χ0) is 18.2. The topological polar surface area (TPSA) is 97.3 Å². The standard InChI is InChI=1S/C19H18N6O2/c26-18-14(8-3-4-10-20-18)22-19-21-13-7-2-1-6-12(13)17-23-16(24-25(17)19)15-9-5-11-27-15/h1-2,5-7,9,11,14H,3-4,8,10H2,(H,20,26)(H,21,22)/t14-/m1/s1. The van der Waals surface area contributed by atoms with Crippen molar-refractivity contribution in [3.05, 3.63) is 42.7 Å². The Morgan fingerprint density at radius 2 is 2.07 bits per heavy atom. The second-order valence-corrected chi connectivity index (χ2v) is 6.58. The third-order valence-electron chi connectivity index (χ3n) is 4.76. The average Bonchev–Trinajstić information content (AvgIpc) is 3.32. The smallest absolute Gasteiger partial charge is 0.242 e. The summed E-state index contributed by atoms with van der Waals surface area (Å²) >= 11 is 0. The van der Waals surface area contributed by atoms with Crippen molar-refractivity contribution in [2.75, 3.05) is 11.9 Å². The van der Waals surface area contributed by atoms with Crippen molar-refractivity contribution in [2.45, 2.75) is 25.3 Å². The van der Waals surface area contributed by atoms with Crippen LogP contribution < -0.4 is 10.6 Å². The van der Waals surface area contributed by atoms with E-state index in [1.54, 1.807) is 16.8 Å². The summed E-state index contributed by atoms with van der Waals surface area (Å²) in [5, 5.41) is 11.7. The quantitative estimate of drug-likeness (QED) is 0.581. The van der Waals surface area contributed by atoms with E-state index >= 15 is 0 Å². The largest absolute Gasteiger partial charge is 0.461 e. The molecule has 27 heavy (non-hydrogen) atoms. The van der Waals surface area contributed by atoms with Gasteiger partial charge in [-0.25, -0.2) is 9.97 Å². The van der Waals surface area contributed by atoms with Gasteiger partial charge in [-0.15, -0.1) is 5.10 Å². The van der Waals surface area contributed by atoms with Gasteiger partial charge in [0.2, 0.25) is 17.7 Å². The Morgan fingerprint density at radius 1 is 1.15 bits per heavy atom. The van der Waals surface area contributed by atoms with Crippen LogP contribution in [0.25, 0.3) is 28.1 Å². The number of aromatic nitrogens is 4. The molecule has 4 aromatic rings. The highest BCUT2D eigenvalue weighted by molar-refractivity contribution is 5.93. The molecule has 5 rings (SSSR count). The van der Waals surface area contributed by atoms with Gasteiger partial charge in [0.15, 0.2) is 11.4 Å². The molecule has 1 aromatic carbocycles. The Hall–Kier alpha value is -3.42. The lowest BCUT2D eigenvalue weighted by molar-refractivity contribution is -0.121. The normalized spacial score (nSPS) is 17.8. The molecule has 1 saturated heterocycles. The van der Waals surface area contributed by atoms with Crippen molar-refractivity contribution < 1.29 is 9.21 Å². The molecule has 136 valence electrons. The van der Waals surface area contributed by atoms with Crippen LogP contribution in [-0.4, -0.2) is 38.1 Å². The van der Waals surface area contributed by atoms with E-state index in [2.05, 4.69) is 20.7 Å². The lowest BCUT2D eigenvalue weighted by atomic mass is 10.1. The Morgan fingerprint density at radius 3 is 2.96 bits per heavy atom. The van der Waals surface area contributed by atoms with Gasteiger partial charge in [-0.2, -0.15) is 4.52 Å². The zero-order valence-corrected chi connectivity index (χ0v) is 14.6. The van der Waals surface area contributed by atoms with E-state index in [0.29, 0.717) is 29.7 Å². The molecular formula is C19H18N6O2. The van der Waals surface area contributed by atoms with Crippen LogP contribution in [0, 0.1) is 0 Å². The third-order valence-corrected chi connectivity index (χ3v) is 4.76. The predicted molar refractivity (Wildman–Crippen MR) is 100 cm³/mol. The monoisotopic (exact) mass is 362 g/mol. The van der Waals surface area contributed by atoms with Gasteiger partial charge < -0.3 is 15.1 Å². The minimum Gasteiger partial charge on any atom is -0.461 e. The van der Waals surface area contributed by atoms with Crippen molar-refractivity contribution >= 4 is 28.4 Å². The molecule has 8 nitrogen and oxygen atoms in total. The number of nitrogens with zero attached hydrogens (tertiary/aromatic N) is 4. The molecule has 0 bridgehead atoms. The second kappa shape index (κ2) is 6.39. The number of amides is 1. The number of fused-ring (bicyclic) bond motifs is 3. The molecule has 0 aliphatic carbocycles. The number of furan rings is 1. The van der Waals surface area contributed by atoms with Crippen LogP contribution in [0.4, 0.5) is 5.95 Å². The lowest BCUT2D eigenvalue weighted by Gasteiger charge is -2.16. The number of rotatable bonds is 3. The molecule has 1 aliphatic rings. The van der Waals surface area contributed by atoms with E-state index in [9.17, 15) is 4.79 Å². The van der Waals surface area contributed by atoms with E-state index in [1.165, 1.54) is 0 Å². The molecular weight excluding hydrogens is 344 g/mol. The van der Waals surface area contributed by atoms with E-state index < -0.39 is 0 Å². The summed E-state index contributed by atoms with van der Waals surface area (Å²) in [6.45, 7) is 0.712. The van der Waals surface area contributed by atoms with Crippen LogP contribution in [0.15, 0.2) is 47.1 Å². The molecule has 1 amide bonds. The van der Waals surface area contributed by atoms with Crippen molar-refractivity contribution in [3.63, 3.8) is 0 Å². The Kier molecular flexibility index (Phi) is 3.74. The number of nitrogens with one attached hydrogen (secondary N) is 2. The van der Waals surface area contributed by atoms with Gasteiger partial charge >= 0.3 is 0 Å². The number of anilines is 1. The van der Waals surface area contributed by atoms with Gasteiger partial charge in [-0.3, -0.25) is 4.79 Å². The fourth-order valence-corrected chi connectivity index (χ4v) is 3.39. The van der Waals surface area contributed by atoms with Crippen LogP contribution >= 0.6 is 0 Å². The summed E-state index contributed by atoms with van der Waals surface area (Å²) < 4.78 is 7.09. The van der Waals surface area contributed by atoms with Crippen molar-refractivity contribution in [2.24, 2.45) is 0 Å². The highest BCUT2D eigenvalue weighted by atomic mass is 16.3. The molecule has 8 heteroatoms. The summed E-state index contributed by atoms with van der Waals surface area (Å²) in [6, 6.07) is 11.0. The van der Waals surface area contributed by atoms with Gasteiger partial charge in [-0.1, -0.05) is 12.1 Å². The van der Waals surface area contributed by atoms with Crippen LogP contribution in [0.3, 0.4) is 0 Å². The number of carbonyl (C=O) groups excluding carboxylic acids is 1. The maximum Gasteiger partial charge on any atom is 0.242 e. The van der Waals surface area contributed by atoms with E-state index in [4.69, 9.17) is 9.40 Å². The van der Waals surface area contributed by atoms with E-state index in [1.807, 2.05) is 30.3 Å². The summed E-state index contributed by atoms with van der Waals surface area (Å²) in [7, 11) is 0. The van der Waals surface area contributed by atoms with E-state index in [-0.39, 0.29) is 11.9 Å². The third kappa shape index (κ3) is 2.79. The Labute approximate surface area is 154 Å². The SMILES string of the molecule is O=C1NCCCC[C@H]1Nc1nc2ccccc2c2nc(-c3ccco3)nn12. The Bertz CT molecular complexity index is 1120. The first kappa shape index (κ1) is 15.8. The molecule has 0 radical (unpaired) electrons.